The summed E-state index contributed by atoms with van der Waals surface area (Å²) in [6.07, 6.45) is 4.60. The number of thiophene rings is 1. The van der Waals surface area contributed by atoms with Crippen molar-refractivity contribution in [2.75, 3.05) is 47.6 Å². The summed E-state index contributed by atoms with van der Waals surface area (Å²) >= 11 is 14.3. The van der Waals surface area contributed by atoms with E-state index in [0.717, 1.165) is 42.9 Å². The Hall–Kier alpha value is -3.75. The van der Waals surface area contributed by atoms with Crippen LogP contribution < -0.4 is 19.8 Å². The molecule has 0 radical (unpaired) electrons. The van der Waals surface area contributed by atoms with Crippen LogP contribution >= 0.6 is 34.5 Å². The number of hydrogen-bond acceptors (Lipinski definition) is 11. The van der Waals surface area contributed by atoms with Gasteiger partial charge in [-0.15, -0.1) is 11.3 Å². The predicted octanol–water partition coefficient (Wildman–Crippen LogP) is 6.12. The molecule has 3 atom stereocenters. The third kappa shape index (κ3) is 8.71. The number of hydrogen-bond donors (Lipinski definition) is 1. The van der Waals surface area contributed by atoms with Crippen molar-refractivity contribution in [2.45, 2.75) is 43.6 Å². The topological polar surface area (TPSA) is 140 Å². The van der Waals surface area contributed by atoms with Gasteiger partial charge in [0.1, 0.15) is 27.1 Å². The number of H-pyrrole nitrogens is 1. The Morgan fingerprint density at radius 3 is 2.33 bits per heavy atom. The van der Waals surface area contributed by atoms with Crippen molar-refractivity contribution in [3.05, 3.63) is 110 Å². The number of pyridine rings is 1. The van der Waals surface area contributed by atoms with Crippen molar-refractivity contribution >= 4 is 46.5 Å². The monoisotopic (exact) mass is 771 g/mol. The lowest BCUT2D eigenvalue weighted by Gasteiger charge is -2.45. The zero-order chi connectivity index (χ0) is 36.0. The first-order valence-electron chi connectivity index (χ1n) is 16.8. The number of piperidine rings is 3. The highest BCUT2D eigenvalue weighted by molar-refractivity contribution is 7.13. The second-order valence-corrected chi connectivity index (χ2v) is 14.7. The average Bonchev–Trinajstić information content (AvgIpc) is 3.64. The molecule has 278 valence electrons. The number of ether oxygens (including phenoxy) is 5. The van der Waals surface area contributed by atoms with E-state index >= 15 is 0 Å². The van der Waals surface area contributed by atoms with E-state index in [1.807, 2.05) is 42.5 Å². The molecule has 0 aliphatic carbocycles. The maximum atomic E-state index is 14.2. The Morgan fingerprint density at radius 2 is 1.69 bits per heavy atom. The van der Waals surface area contributed by atoms with Gasteiger partial charge in [-0.05, 0) is 67.2 Å². The van der Waals surface area contributed by atoms with Gasteiger partial charge in [0.2, 0.25) is 0 Å². The van der Waals surface area contributed by atoms with Gasteiger partial charge in [-0.2, -0.15) is 0 Å². The summed E-state index contributed by atoms with van der Waals surface area (Å²) in [5, 5.41) is 4.31. The van der Waals surface area contributed by atoms with Crippen LogP contribution in [0.15, 0.2) is 73.1 Å². The van der Waals surface area contributed by atoms with Crippen LogP contribution in [0.3, 0.4) is 0 Å². The zero-order valence-electron chi connectivity index (χ0n) is 29.2. The van der Waals surface area contributed by atoms with Gasteiger partial charge in [-0.25, -0.2) is 14.6 Å². The fraction of sp³-hybridized carbons (Fsp3) is 0.395. The van der Waals surface area contributed by atoms with E-state index in [2.05, 4.69) is 15.2 Å². The van der Waals surface area contributed by atoms with Crippen LogP contribution in [0.4, 0.5) is 0 Å². The molecule has 3 N–H and O–H groups in total. The minimum absolute atomic E-state index is 0. The number of aromatic amines is 1. The number of methoxy groups -OCH3 is 3. The first-order chi connectivity index (χ1) is 24.7. The van der Waals surface area contributed by atoms with E-state index in [-0.39, 0.29) is 37.1 Å². The number of rotatable bonds is 15. The number of carbonyl (C=O) groups excluding carboxylic acids is 2. The molecule has 1 unspecified atom stereocenters. The number of nitrogens with one attached hydrogen (secondary N) is 2. The van der Waals surface area contributed by atoms with E-state index in [1.165, 1.54) is 11.3 Å². The lowest BCUT2D eigenvalue weighted by Crippen LogP contribution is -2.57. The quantitative estimate of drug-likeness (QED) is 0.141. The molecule has 2 aromatic carbocycles. The molecule has 3 saturated heterocycles. The minimum atomic E-state index is -1.27. The number of fused-ring (bicyclic) bond motifs is 3. The third-order valence-electron chi connectivity index (χ3n) is 9.67. The largest absolute Gasteiger partial charge is 0.870 e. The molecule has 0 spiro atoms. The Labute approximate surface area is 317 Å². The lowest BCUT2D eigenvalue weighted by molar-refractivity contribution is -0.377. The summed E-state index contributed by atoms with van der Waals surface area (Å²) in [5.41, 5.74) is 0.772. The van der Waals surface area contributed by atoms with Gasteiger partial charge >= 0.3 is 11.9 Å². The lowest BCUT2D eigenvalue weighted by atomic mass is 9.85. The van der Waals surface area contributed by atoms with Gasteiger partial charge < -0.3 is 29.2 Å². The highest BCUT2D eigenvalue weighted by Gasteiger charge is 2.45. The first-order valence-corrected chi connectivity index (χ1v) is 18.4. The Kier molecular flexibility index (Phi) is 13.5. The second-order valence-electron chi connectivity index (χ2n) is 12.7. The summed E-state index contributed by atoms with van der Waals surface area (Å²) in [5.74, 6) is 0.493. The zero-order valence-corrected chi connectivity index (χ0v) is 31.6. The van der Waals surface area contributed by atoms with Crippen LogP contribution in [0, 0.1) is 5.92 Å². The normalized spacial score (nSPS) is 19.5. The molecule has 4 aromatic rings. The van der Waals surface area contributed by atoms with Gasteiger partial charge in [-0.3, -0.25) is 10.2 Å². The molecule has 3 aliphatic heterocycles. The first kappa shape index (κ1) is 39.5. The number of halogens is 2. The van der Waals surface area contributed by atoms with Crippen LogP contribution in [-0.2, 0) is 37.5 Å². The van der Waals surface area contributed by atoms with E-state index in [0.29, 0.717) is 43.5 Å². The average molecular weight is 773 g/mol. The number of nitrogens with zero attached hydrogens (tertiary/aromatic N) is 1. The fourth-order valence-electron chi connectivity index (χ4n) is 6.85. The van der Waals surface area contributed by atoms with Crippen LogP contribution in [0.2, 0.25) is 10.0 Å². The van der Waals surface area contributed by atoms with E-state index in [1.54, 1.807) is 51.9 Å². The molecule has 5 heterocycles. The predicted molar refractivity (Wildman–Crippen MR) is 197 cm³/mol. The molecule has 2 aromatic heterocycles. The number of aromatic nitrogens is 1. The molecular formula is C38H43Cl2N3O8S. The van der Waals surface area contributed by atoms with Crippen molar-refractivity contribution < 1.29 is 43.7 Å². The van der Waals surface area contributed by atoms with Crippen LogP contribution in [0.1, 0.15) is 50.2 Å². The Balaban J connectivity index is 0.00000523. The second kappa shape index (κ2) is 17.8. The molecule has 2 bridgehead atoms. The molecule has 52 heavy (non-hydrogen) atoms. The molecular weight excluding hydrogens is 729 g/mol. The van der Waals surface area contributed by atoms with Crippen LogP contribution in [0.5, 0.6) is 11.5 Å². The molecule has 0 amide bonds. The van der Waals surface area contributed by atoms with Gasteiger partial charge in [0.05, 0.1) is 20.8 Å². The third-order valence-corrected chi connectivity index (χ3v) is 11.4. The van der Waals surface area contributed by atoms with Gasteiger partial charge in [0.25, 0.3) is 0 Å². The maximum Gasteiger partial charge on any atom is 0.348 e. The Morgan fingerprint density at radius 1 is 0.981 bits per heavy atom. The summed E-state index contributed by atoms with van der Waals surface area (Å²) in [4.78, 5) is 34.4. The fourth-order valence-corrected chi connectivity index (χ4v) is 8.21. The minimum Gasteiger partial charge on any atom is -0.870 e. The summed E-state index contributed by atoms with van der Waals surface area (Å²) in [6.45, 7) is 3.17. The van der Waals surface area contributed by atoms with E-state index in [4.69, 9.17) is 46.9 Å². The Bertz CT molecular complexity index is 1800. The summed E-state index contributed by atoms with van der Waals surface area (Å²) in [6, 6.07) is 18.4. The van der Waals surface area contributed by atoms with Crippen molar-refractivity contribution in [3.63, 3.8) is 0 Å². The highest BCUT2D eigenvalue weighted by atomic mass is 35.5. The van der Waals surface area contributed by atoms with Gasteiger partial charge in [0, 0.05) is 37.1 Å². The van der Waals surface area contributed by atoms with Crippen molar-refractivity contribution in [1.29, 1.82) is 0 Å². The number of carbonyl (C=O) groups is 2. The van der Waals surface area contributed by atoms with Crippen molar-refractivity contribution in [1.82, 2.24) is 10.2 Å². The molecule has 0 saturated carbocycles. The van der Waals surface area contributed by atoms with Gasteiger partial charge in [0.15, 0.2) is 29.4 Å². The standard InChI is InChI=1S/C38H41Cl2N3O7S.H2O/c1-46-23-38(26-7-5-4-6-8-26,37(45)50-34-22-43-15-13-24(34)14-16-43)42-19-27-10-12-35(51-27)36(44)49-32(18-28-29(39)20-41-21-30(28)40)25-9-11-31(47-2)33(17-25)48-3;/h4-12,17,20-21,24,32,34,42H,13-16,18-19,22-23H2,1-3H3;1H2/t32-,34-,38?;/m0./s1. The SMILES string of the molecule is COCC(NCc1ccc(C(=O)O[C@@H](Cc2c(Cl)c[nH+]cc2Cl)c2ccc(OC)c(OC)c2)s1)(C(=O)O[C@H]1CN2CCC1CC2)c1ccccc1.[OH-]. The van der Waals surface area contributed by atoms with E-state index < -0.39 is 17.6 Å². The number of benzene rings is 2. The van der Waals surface area contributed by atoms with Gasteiger partial charge in [-0.1, -0.05) is 59.6 Å². The van der Waals surface area contributed by atoms with Crippen LogP contribution in [0.25, 0.3) is 0 Å². The smallest absolute Gasteiger partial charge is 0.348 e. The molecule has 3 fully saturated rings. The molecule has 11 nitrogen and oxygen atoms in total. The number of esters is 2. The molecule has 14 heteroatoms. The maximum absolute atomic E-state index is 14.2. The van der Waals surface area contributed by atoms with Crippen molar-refractivity contribution in [2.24, 2.45) is 5.92 Å². The molecule has 7 rings (SSSR count). The molecule has 3 aliphatic rings. The summed E-state index contributed by atoms with van der Waals surface area (Å²) in [7, 11) is 4.67. The van der Waals surface area contributed by atoms with Crippen molar-refractivity contribution in [3.8, 4) is 11.5 Å². The van der Waals surface area contributed by atoms with E-state index in [9.17, 15) is 9.59 Å². The van der Waals surface area contributed by atoms with Crippen LogP contribution in [-0.4, -0.2) is 76.0 Å². The summed E-state index contributed by atoms with van der Waals surface area (Å²) < 4.78 is 29.0. The highest BCUT2D eigenvalue weighted by Crippen LogP contribution is 2.37.